The molecule has 4 heteroatoms. The van der Waals surface area contributed by atoms with Crippen molar-refractivity contribution >= 4 is 5.97 Å². The van der Waals surface area contributed by atoms with E-state index >= 15 is 0 Å². The van der Waals surface area contributed by atoms with Crippen LogP contribution in [-0.4, -0.2) is 26.3 Å². The van der Waals surface area contributed by atoms with E-state index in [0.717, 1.165) is 31.4 Å². The van der Waals surface area contributed by atoms with Gasteiger partial charge < -0.3 is 14.2 Å². The summed E-state index contributed by atoms with van der Waals surface area (Å²) in [4.78, 5) is 11.9. The molecule has 0 atom stereocenters. The van der Waals surface area contributed by atoms with Gasteiger partial charge in [-0.05, 0) is 25.0 Å². The van der Waals surface area contributed by atoms with Gasteiger partial charge in [0.1, 0.15) is 17.1 Å². The summed E-state index contributed by atoms with van der Waals surface area (Å²) in [5, 5.41) is 0. The Kier molecular flexibility index (Phi) is 13.3. The van der Waals surface area contributed by atoms with Crippen LogP contribution >= 0.6 is 0 Å². The molecular weight excluding hydrogens is 340 g/mol. The number of rotatable bonds is 16. The van der Waals surface area contributed by atoms with Crippen molar-refractivity contribution in [2.45, 2.75) is 84.5 Å². The van der Waals surface area contributed by atoms with Crippen LogP contribution in [-0.2, 0) is 4.74 Å². The SMILES string of the molecule is CCCCCCCCCCOc1ccc(C(=O)OC)c(OCCCCC)c1. The molecule has 27 heavy (non-hydrogen) atoms. The van der Waals surface area contributed by atoms with Crippen molar-refractivity contribution in [1.29, 1.82) is 0 Å². The van der Waals surface area contributed by atoms with E-state index in [2.05, 4.69) is 13.8 Å². The highest BCUT2D eigenvalue weighted by Gasteiger charge is 2.14. The van der Waals surface area contributed by atoms with Gasteiger partial charge in [0.05, 0.1) is 20.3 Å². The fourth-order valence-electron chi connectivity index (χ4n) is 2.95. The van der Waals surface area contributed by atoms with Gasteiger partial charge in [0, 0.05) is 6.07 Å². The molecule has 1 aromatic carbocycles. The molecule has 154 valence electrons. The van der Waals surface area contributed by atoms with Crippen molar-refractivity contribution in [1.82, 2.24) is 0 Å². The molecule has 0 amide bonds. The first-order valence-corrected chi connectivity index (χ1v) is 10.7. The molecule has 0 aromatic heterocycles. The highest BCUT2D eigenvalue weighted by atomic mass is 16.5. The molecule has 4 nitrogen and oxygen atoms in total. The Morgan fingerprint density at radius 2 is 1.33 bits per heavy atom. The third kappa shape index (κ3) is 10.3. The maximum Gasteiger partial charge on any atom is 0.341 e. The molecule has 0 spiro atoms. The fourth-order valence-corrected chi connectivity index (χ4v) is 2.95. The van der Waals surface area contributed by atoms with Gasteiger partial charge in [-0.3, -0.25) is 0 Å². The third-order valence-corrected chi connectivity index (χ3v) is 4.63. The summed E-state index contributed by atoms with van der Waals surface area (Å²) < 4.78 is 16.5. The second-order valence-electron chi connectivity index (χ2n) is 7.03. The number of hydrogen-bond acceptors (Lipinski definition) is 4. The number of unbranched alkanes of at least 4 members (excludes halogenated alkanes) is 9. The van der Waals surface area contributed by atoms with E-state index in [1.54, 1.807) is 6.07 Å². The first-order chi connectivity index (χ1) is 13.2. The number of methoxy groups -OCH3 is 1. The van der Waals surface area contributed by atoms with Crippen LogP contribution in [0.25, 0.3) is 0 Å². The van der Waals surface area contributed by atoms with Crippen LogP contribution < -0.4 is 9.47 Å². The summed E-state index contributed by atoms with van der Waals surface area (Å²) in [5.74, 6) is 0.914. The van der Waals surface area contributed by atoms with Gasteiger partial charge in [-0.15, -0.1) is 0 Å². The minimum Gasteiger partial charge on any atom is -0.493 e. The second-order valence-corrected chi connectivity index (χ2v) is 7.03. The lowest BCUT2D eigenvalue weighted by atomic mass is 10.1. The first kappa shape index (κ1) is 23.3. The maximum absolute atomic E-state index is 11.9. The molecule has 0 aliphatic heterocycles. The minimum absolute atomic E-state index is 0.380. The summed E-state index contributed by atoms with van der Waals surface area (Å²) in [7, 11) is 1.38. The molecule has 0 saturated heterocycles. The molecule has 0 radical (unpaired) electrons. The van der Waals surface area contributed by atoms with E-state index in [9.17, 15) is 4.79 Å². The zero-order valence-corrected chi connectivity index (χ0v) is 17.6. The summed E-state index contributed by atoms with van der Waals surface area (Å²) >= 11 is 0. The average Bonchev–Trinajstić information content (AvgIpc) is 2.69. The van der Waals surface area contributed by atoms with E-state index in [-0.39, 0.29) is 5.97 Å². The molecule has 1 rings (SSSR count). The van der Waals surface area contributed by atoms with Gasteiger partial charge >= 0.3 is 5.97 Å². The predicted octanol–water partition coefficient (Wildman–Crippen LogP) is 6.56. The average molecular weight is 379 g/mol. The molecular formula is C23H38O4. The topological polar surface area (TPSA) is 44.8 Å². The quantitative estimate of drug-likeness (QED) is 0.241. The van der Waals surface area contributed by atoms with Crippen LogP contribution in [0.2, 0.25) is 0 Å². The molecule has 0 unspecified atom stereocenters. The maximum atomic E-state index is 11.9. The van der Waals surface area contributed by atoms with E-state index < -0.39 is 0 Å². The molecule has 0 aliphatic carbocycles. The molecule has 0 bridgehead atoms. The van der Waals surface area contributed by atoms with Crippen LogP contribution in [0.4, 0.5) is 0 Å². The normalized spacial score (nSPS) is 10.6. The molecule has 0 heterocycles. The Morgan fingerprint density at radius 3 is 2.00 bits per heavy atom. The highest BCUT2D eigenvalue weighted by molar-refractivity contribution is 5.92. The Morgan fingerprint density at radius 1 is 0.778 bits per heavy atom. The van der Waals surface area contributed by atoms with Crippen LogP contribution in [0.3, 0.4) is 0 Å². The minimum atomic E-state index is -0.380. The lowest BCUT2D eigenvalue weighted by Gasteiger charge is -2.13. The van der Waals surface area contributed by atoms with Gasteiger partial charge in [0.2, 0.25) is 0 Å². The summed E-state index contributed by atoms with van der Waals surface area (Å²) in [5.41, 5.74) is 0.452. The molecule has 0 saturated carbocycles. The number of hydrogen-bond donors (Lipinski definition) is 0. The van der Waals surface area contributed by atoms with Gasteiger partial charge in [-0.1, -0.05) is 71.6 Å². The van der Waals surface area contributed by atoms with Crippen LogP contribution in [0.1, 0.15) is 94.8 Å². The van der Waals surface area contributed by atoms with E-state index in [1.165, 1.54) is 52.1 Å². The van der Waals surface area contributed by atoms with Crippen molar-refractivity contribution < 1.29 is 19.0 Å². The van der Waals surface area contributed by atoms with Gasteiger partial charge in [-0.2, -0.15) is 0 Å². The molecule has 0 N–H and O–H groups in total. The second kappa shape index (κ2) is 15.4. The van der Waals surface area contributed by atoms with E-state index in [4.69, 9.17) is 14.2 Å². The number of esters is 1. The predicted molar refractivity (Wildman–Crippen MR) is 111 cm³/mol. The largest absolute Gasteiger partial charge is 0.493 e. The smallest absolute Gasteiger partial charge is 0.341 e. The monoisotopic (exact) mass is 378 g/mol. The number of carbonyl (C=O) groups excluding carboxylic acids is 1. The Hall–Kier alpha value is -1.71. The summed E-state index contributed by atoms with van der Waals surface area (Å²) in [6.07, 6.45) is 13.4. The number of ether oxygens (including phenoxy) is 3. The Labute approximate surface area is 165 Å². The van der Waals surface area contributed by atoms with Crippen LogP contribution in [0, 0.1) is 0 Å². The molecule has 0 fully saturated rings. The molecule has 1 aromatic rings. The standard InChI is InChI=1S/C23H38O4/c1-4-6-8-9-10-11-12-14-17-26-20-15-16-21(23(24)25-3)22(19-20)27-18-13-7-5-2/h15-16,19H,4-14,17-18H2,1-3H3. The van der Waals surface area contributed by atoms with Crippen molar-refractivity contribution in [2.24, 2.45) is 0 Å². The number of carbonyl (C=O) groups is 1. The third-order valence-electron chi connectivity index (χ3n) is 4.63. The fraction of sp³-hybridized carbons (Fsp3) is 0.696. The number of benzene rings is 1. The van der Waals surface area contributed by atoms with E-state index in [1.807, 2.05) is 12.1 Å². The van der Waals surface area contributed by atoms with Crippen LogP contribution in [0.15, 0.2) is 18.2 Å². The first-order valence-electron chi connectivity index (χ1n) is 10.7. The summed E-state index contributed by atoms with van der Waals surface area (Å²) in [6.45, 7) is 5.69. The zero-order valence-electron chi connectivity index (χ0n) is 17.6. The van der Waals surface area contributed by atoms with E-state index in [0.29, 0.717) is 24.5 Å². The van der Waals surface area contributed by atoms with Crippen molar-refractivity contribution in [3.63, 3.8) is 0 Å². The van der Waals surface area contributed by atoms with Crippen LogP contribution in [0.5, 0.6) is 11.5 Å². The van der Waals surface area contributed by atoms with Crippen molar-refractivity contribution in [3.8, 4) is 11.5 Å². The summed E-state index contributed by atoms with van der Waals surface area (Å²) in [6, 6.07) is 5.35. The van der Waals surface area contributed by atoms with Gasteiger partial charge in [0.25, 0.3) is 0 Å². The Balaban J connectivity index is 2.40. The lowest BCUT2D eigenvalue weighted by Crippen LogP contribution is -2.07. The molecule has 0 aliphatic rings. The van der Waals surface area contributed by atoms with Crippen molar-refractivity contribution in [3.05, 3.63) is 23.8 Å². The van der Waals surface area contributed by atoms with Crippen molar-refractivity contribution in [2.75, 3.05) is 20.3 Å². The van der Waals surface area contributed by atoms with Gasteiger partial charge in [-0.25, -0.2) is 4.79 Å². The highest BCUT2D eigenvalue weighted by Crippen LogP contribution is 2.26. The zero-order chi connectivity index (χ0) is 19.7. The lowest BCUT2D eigenvalue weighted by molar-refractivity contribution is 0.0596. The van der Waals surface area contributed by atoms with Gasteiger partial charge in [0.15, 0.2) is 0 Å². The Bertz CT molecular complexity index is 513.